The highest BCUT2D eigenvalue weighted by molar-refractivity contribution is 8.93. The first-order chi connectivity index (χ1) is 12.8. The molecule has 6 nitrogen and oxygen atoms in total. The van der Waals surface area contributed by atoms with E-state index in [4.69, 9.17) is 4.98 Å². The molecule has 0 bridgehead atoms. The molecule has 144 valence electrons. The number of imidazole rings is 1. The number of para-hydroxylation sites is 2. The number of fused-ring (bicyclic) bond motifs is 1. The van der Waals surface area contributed by atoms with E-state index in [0.717, 1.165) is 63.1 Å². The van der Waals surface area contributed by atoms with Gasteiger partial charge in [-0.25, -0.2) is 9.97 Å². The van der Waals surface area contributed by atoms with Gasteiger partial charge >= 0.3 is 0 Å². The summed E-state index contributed by atoms with van der Waals surface area (Å²) in [6.45, 7) is 9.23. The van der Waals surface area contributed by atoms with Crippen LogP contribution in [0.4, 0.5) is 11.8 Å². The van der Waals surface area contributed by atoms with Crippen LogP contribution in [0.5, 0.6) is 0 Å². The van der Waals surface area contributed by atoms with Crippen molar-refractivity contribution in [1.82, 2.24) is 19.4 Å². The zero-order valence-electron chi connectivity index (χ0n) is 15.7. The molecule has 27 heavy (non-hydrogen) atoms. The first-order valence-corrected chi connectivity index (χ1v) is 9.42. The van der Waals surface area contributed by atoms with Gasteiger partial charge < -0.3 is 14.8 Å². The summed E-state index contributed by atoms with van der Waals surface area (Å²) in [5.41, 5.74) is 2.25. The van der Waals surface area contributed by atoms with Crippen molar-refractivity contribution in [3.8, 4) is 0 Å². The number of nitrogens with one attached hydrogen (secondary N) is 1. The second kappa shape index (κ2) is 9.19. The molecule has 3 aromatic rings. The summed E-state index contributed by atoms with van der Waals surface area (Å²) in [5, 5.41) is 3.53. The van der Waals surface area contributed by atoms with Crippen molar-refractivity contribution < 1.29 is 0 Å². The Labute approximate surface area is 171 Å². The van der Waals surface area contributed by atoms with Crippen LogP contribution in [-0.2, 0) is 6.54 Å². The van der Waals surface area contributed by atoms with Crippen molar-refractivity contribution in [1.29, 1.82) is 0 Å². The number of hydrogen-bond donors (Lipinski definition) is 1. The summed E-state index contributed by atoms with van der Waals surface area (Å²) in [6.07, 6.45) is 1.87. The molecule has 1 saturated heterocycles. The fourth-order valence-corrected chi connectivity index (χ4v) is 3.60. The van der Waals surface area contributed by atoms with E-state index < -0.39 is 0 Å². The molecule has 4 rings (SSSR count). The molecule has 0 spiro atoms. The van der Waals surface area contributed by atoms with Crippen molar-refractivity contribution in [2.45, 2.75) is 13.5 Å². The maximum absolute atomic E-state index is 4.73. The van der Waals surface area contributed by atoms with Crippen molar-refractivity contribution in [3.05, 3.63) is 48.7 Å². The number of piperazine rings is 1. The molecule has 0 saturated carbocycles. The number of nitrogens with zero attached hydrogens (tertiary/aromatic N) is 5. The normalized spacial score (nSPS) is 14.9. The van der Waals surface area contributed by atoms with Crippen LogP contribution in [0, 0.1) is 0 Å². The lowest BCUT2D eigenvalue weighted by Gasteiger charge is -2.35. The number of benzene rings is 1. The lowest BCUT2D eigenvalue weighted by molar-refractivity contribution is 0.266. The third-order valence-electron chi connectivity index (χ3n) is 5.03. The van der Waals surface area contributed by atoms with E-state index in [0.29, 0.717) is 0 Å². The summed E-state index contributed by atoms with van der Waals surface area (Å²) < 4.78 is 2.24. The molecular weight excluding hydrogens is 404 g/mol. The minimum atomic E-state index is 0. The van der Waals surface area contributed by atoms with Gasteiger partial charge in [-0.3, -0.25) is 4.90 Å². The van der Waals surface area contributed by atoms with Crippen molar-refractivity contribution >= 4 is 39.8 Å². The number of pyridine rings is 1. The minimum absolute atomic E-state index is 0. The van der Waals surface area contributed by atoms with Gasteiger partial charge in [0, 0.05) is 52.0 Å². The van der Waals surface area contributed by atoms with Gasteiger partial charge in [0.1, 0.15) is 5.82 Å². The van der Waals surface area contributed by atoms with Crippen LogP contribution in [-0.4, -0.2) is 58.7 Å². The Bertz CT molecular complexity index is 842. The molecule has 0 atom stereocenters. The monoisotopic (exact) mass is 430 g/mol. The van der Waals surface area contributed by atoms with Gasteiger partial charge in [0.2, 0.25) is 5.95 Å². The zero-order chi connectivity index (χ0) is 17.8. The molecule has 3 heterocycles. The fourth-order valence-electron chi connectivity index (χ4n) is 3.60. The molecular formula is C20H27BrN6. The third kappa shape index (κ3) is 4.42. The summed E-state index contributed by atoms with van der Waals surface area (Å²) in [6, 6.07) is 14.4. The second-order valence-corrected chi connectivity index (χ2v) is 6.61. The third-order valence-corrected chi connectivity index (χ3v) is 5.03. The van der Waals surface area contributed by atoms with E-state index in [-0.39, 0.29) is 17.0 Å². The van der Waals surface area contributed by atoms with E-state index in [1.165, 1.54) is 5.52 Å². The minimum Gasteiger partial charge on any atom is -0.354 e. The lowest BCUT2D eigenvalue weighted by Crippen LogP contribution is -2.47. The number of halogens is 1. The molecule has 1 fully saturated rings. The Balaban J connectivity index is 0.00000210. The van der Waals surface area contributed by atoms with Crippen molar-refractivity contribution in [2.24, 2.45) is 0 Å². The lowest BCUT2D eigenvalue weighted by atomic mass is 10.3. The fraction of sp³-hybridized carbons (Fsp3) is 0.400. The first kappa shape index (κ1) is 19.6. The maximum atomic E-state index is 4.73. The Morgan fingerprint density at radius 2 is 1.78 bits per heavy atom. The zero-order valence-corrected chi connectivity index (χ0v) is 17.4. The van der Waals surface area contributed by atoms with Crippen LogP contribution in [0.15, 0.2) is 48.7 Å². The average Bonchev–Trinajstić information content (AvgIpc) is 3.06. The van der Waals surface area contributed by atoms with Gasteiger partial charge in [-0.2, -0.15) is 0 Å². The van der Waals surface area contributed by atoms with Crippen LogP contribution in [0.2, 0.25) is 0 Å². The summed E-state index contributed by atoms with van der Waals surface area (Å²) >= 11 is 0. The molecule has 1 N–H and O–H groups in total. The predicted molar refractivity (Wildman–Crippen MR) is 117 cm³/mol. The molecule has 1 aliphatic rings. The quantitative estimate of drug-likeness (QED) is 0.650. The number of anilines is 2. The Morgan fingerprint density at radius 3 is 2.52 bits per heavy atom. The van der Waals surface area contributed by atoms with Gasteiger partial charge in [-0.1, -0.05) is 18.2 Å². The number of aryl methyl sites for hydroxylation is 1. The SMILES string of the molecule is Br.CCn1c(NCCN2CCN(c3ccccn3)CC2)nc2ccccc21. The Hall–Kier alpha value is -2.12. The van der Waals surface area contributed by atoms with Crippen LogP contribution in [0.1, 0.15) is 6.92 Å². The largest absolute Gasteiger partial charge is 0.354 e. The molecule has 1 aromatic carbocycles. The van der Waals surface area contributed by atoms with Crippen LogP contribution < -0.4 is 10.2 Å². The highest BCUT2D eigenvalue weighted by Crippen LogP contribution is 2.19. The van der Waals surface area contributed by atoms with Crippen molar-refractivity contribution in [2.75, 3.05) is 49.5 Å². The Morgan fingerprint density at radius 1 is 1.00 bits per heavy atom. The summed E-state index contributed by atoms with van der Waals surface area (Å²) in [5.74, 6) is 2.06. The molecule has 0 amide bonds. The van der Waals surface area contributed by atoms with Crippen molar-refractivity contribution in [3.63, 3.8) is 0 Å². The van der Waals surface area contributed by atoms with E-state index in [1.807, 2.05) is 18.3 Å². The van der Waals surface area contributed by atoms with Gasteiger partial charge in [0.05, 0.1) is 11.0 Å². The topological polar surface area (TPSA) is 49.2 Å². The number of rotatable bonds is 6. The van der Waals surface area contributed by atoms with Gasteiger partial charge in [0.15, 0.2) is 0 Å². The maximum Gasteiger partial charge on any atom is 0.203 e. The molecule has 0 radical (unpaired) electrons. The highest BCUT2D eigenvalue weighted by atomic mass is 79.9. The molecule has 0 unspecified atom stereocenters. The van der Waals surface area contributed by atoms with Crippen LogP contribution in [0.3, 0.4) is 0 Å². The number of aromatic nitrogens is 3. The highest BCUT2D eigenvalue weighted by Gasteiger charge is 2.17. The van der Waals surface area contributed by atoms with E-state index >= 15 is 0 Å². The van der Waals surface area contributed by atoms with E-state index in [2.05, 4.69) is 61.9 Å². The molecule has 2 aromatic heterocycles. The van der Waals surface area contributed by atoms with Crippen LogP contribution in [0.25, 0.3) is 11.0 Å². The van der Waals surface area contributed by atoms with E-state index in [1.54, 1.807) is 0 Å². The second-order valence-electron chi connectivity index (χ2n) is 6.61. The first-order valence-electron chi connectivity index (χ1n) is 9.42. The standard InChI is InChI=1S/C20H26N6.BrH/c1-2-26-18-8-4-3-7-17(18)23-20(26)22-11-12-24-13-15-25(16-14-24)19-9-5-6-10-21-19;/h3-10H,2,11-16H2,1H3,(H,22,23);1H. The average molecular weight is 431 g/mol. The summed E-state index contributed by atoms with van der Waals surface area (Å²) in [7, 11) is 0. The predicted octanol–water partition coefficient (Wildman–Crippen LogP) is 3.26. The smallest absolute Gasteiger partial charge is 0.203 e. The summed E-state index contributed by atoms with van der Waals surface area (Å²) in [4.78, 5) is 14.1. The molecule has 7 heteroatoms. The van der Waals surface area contributed by atoms with Gasteiger partial charge in [-0.05, 0) is 31.2 Å². The van der Waals surface area contributed by atoms with Gasteiger partial charge in [0.25, 0.3) is 0 Å². The molecule has 0 aliphatic carbocycles. The molecule has 1 aliphatic heterocycles. The van der Waals surface area contributed by atoms with Gasteiger partial charge in [-0.15, -0.1) is 17.0 Å². The number of hydrogen-bond acceptors (Lipinski definition) is 5. The van der Waals surface area contributed by atoms with Crippen LogP contribution >= 0.6 is 17.0 Å². The van der Waals surface area contributed by atoms with E-state index in [9.17, 15) is 0 Å². The Kier molecular flexibility index (Phi) is 6.68.